The van der Waals surface area contributed by atoms with Crippen LogP contribution in [0.5, 0.6) is 0 Å². The molecule has 0 bridgehead atoms. The van der Waals surface area contributed by atoms with E-state index in [4.69, 9.17) is 0 Å². The number of carbonyl (C=O) groups excluding carboxylic acids is 1. The van der Waals surface area contributed by atoms with Crippen LogP contribution >= 0.6 is 0 Å². The second-order valence-electron chi connectivity index (χ2n) is 6.92. The summed E-state index contributed by atoms with van der Waals surface area (Å²) < 4.78 is 0. The zero-order chi connectivity index (χ0) is 22.9. The fraction of sp³-hybridized carbons (Fsp3) is 0.333. The maximum Gasteiger partial charge on any atom is 0.251 e. The van der Waals surface area contributed by atoms with E-state index in [1.165, 1.54) is 0 Å². The second kappa shape index (κ2) is 10.8. The summed E-state index contributed by atoms with van der Waals surface area (Å²) in [5.74, 6) is 3.50. The summed E-state index contributed by atoms with van der Waals surface area (Å²) in [5, 5.41) is 9.71. The lowest BCUT2D eigenvalue weighted by Crippen LogP contribution is -2.17. The summed E-state index contributed by atoms with van der Waals surface area (Å²) in [6.45, 7) is 3.65. The summed E-state index contributed by atoms with van der Waals surface area (Å²) in [4.78, 5) is 37.6. The normalized spacial score (nSPS) is 10.9. The minimum atomic E-state index is -0.132. The third-order valence-corrected chi connectivity index (χ3v) is 4.39. The van der Waals surface area contributed by atoms with Crippen LogP contribution in [-0.4, -0.2) is 56.1 Å². The highest BCUT2D eigenvalue weighted by molar-refractivity contribution is 5.94. The van der Waals surface area contributed by atoms with E-state index in [0.717, 1.165) is 17.8 Å². The Hall–Kier alpha value is -4.02. The number of nitrogens with zero attached hydrogens (tertiary/aromatic N) is 7. The molecular weight excluding hydrogens is 408 g/mol. The molecule has 0 aliphatic rings. The third-order valence-electron chi connectivity index (χ3n) is 4.39. The number of anilines is 2. The van der Waals surface area contributed by atoms with Crippen LogP contribution in [0.4, 0.5) is 11.9 Å². The summed E-state index contributed by atoms with van der Waals surface area (Å²) in [6.07, 6.45) is 3.77. The third kappa shape index (κ3) is 6.49. The van der Waals surface area contributed by atoms with Crippen molar-refractivity contribution in [2.75, 3.05) is 24.8 Å². The zero-order valence-electron chi connectivity index (χ0n) is 18.5. The second-order valence-corrected chi connectivity index (χ2v) is 6.92. The first-order chi connectivity index (χ1) is 15.5. The van der Waals surface area contributed by atoms with E-state index in [-0.39, 0.29) is 5.91 Å². The maximum atomic E-state index is 11.6. The predicted molar refractivity (Wildman–Crippen MR) is 122 cm³/mol. The van der Waals surface area contributed by atoms with Gasteiger partial charge >= 0.3 is 0 Å². The Labute approximate surface area is 186 Å². The molecule has 166 valence electrons. The number of rotatable bonds is 9. The highest BCUT2D eigenvalue weighted by Crippen LogP contribution is 2.08. The molecule has 0 radical (unpaired) electrons. The van der Waals surface area contributed by atoms with E-state index >= 15 is 0 Å². The van der Waals surface area contributed by atoms with Crippen LogP contribution in [0.2, 0.25) is 0 Å². The van der Waals surface area contributed by atoms with Crippen molar-refractivity contribution in [1.29, 1.82) is 0 Å². The Morgan fingerprint density at radius 2 is 1.47 bits per heavy atom. The van der Waals surface area contributed by atoms with Crippen LogP contribution in [0.3, 0.4) is 0 Å². The molecule has 2 aromatic heterocycles. The van der Waals surface area contributed by atoms with Crippen LogP contribution in [0.15, 0.2) is 29.4 Å². The first-order valence-corrected chi connectivity index (χ1v) is 10.2. The topological polar surface area (TPSA) is 143 Å². The van der Waals surface area contributed by atoms with Gasteiger partial charge in [-0.2, -0.15) is 25.0 Å². The lowest BCUT2D eigenvalue weighted by Gasteiger charge is -2.06. The molecule has 0 aliphatic heterocycles. The van der Waals surface area contributed by atoms with E-state index in [2.05, 4.69) is 51.1 Å². The number of nitrogens with one attached hydrogen (secondary N) is 3. The Bertz CT molecular complexity index is 1100. The molecule has 3 aromatic rings. The van der Waals surface area contributed by atoms with Crippen LogP contribution in [0, 0.1) is 13.8 Å². The van der Waals surface area contributed by atoms with Gasteiger partial charge in [-0.3, -0.25) is 4.79 Å². The molecule has 32 heavy (non-hydrogen) atoms. The van der Waals surface area contributed by atoms with Gasteiger partial charge < -0.3 is 10.6 Å². The number of benzene rings is 1. The van der Waals surface area contributed by atoms with Gasteiger partial charge in [0.05, 0.1) is 6.21 Å². The number of amides is 1. The zero-order valence-corrected chi connectivity index (χ0v) is 18.5. The van der Waals surface area contributed by atoms with Gasteiger partial charge in [-0.25, -0.2) is 15.4 Å². The van der Waals surface area contributed by atoms with Crippen molar-refractivity contribution < 1.29 is 4.79 Å². The Morgan fingerprint density at radius 1 is 0.875 bits per heavy atom. The van der Waals surface area contributed by atoms with Crippen LogP contribution in [0.1, 0.15) is 45.6 Å². The Balaban J connectivity index is 1.57. The monoisotopic (exact) mass is 434 g/mol. The number of hydrogen-bond donors (Lipinski definition) is 3. The lowest BCUT2D eigenvalue weighted by atomic mass is 10.1. The molecule has 3 N–H and O–H groups in total. The number of aromatic nitrogens is 6. The van der Waals surface area contributed by atoms with Gasteiger partial charge in [-0.05, 0) is 38.0 Å². The average Bonchev–Trinajstić information content (AvgIpc) is 2.78. The molecule has 0 saturated heterocycles. The Morgan fingerprint density at radius 3 is 2.06 bits per heavy atom. The molecule has 0 fully saturated rings. The highest BCUT2D eigenvalue weighted by Gasteiger charge is 2.07. The highest BCUT2D eigenvalue weighted by atomic mass is 16.1. The van der Waals surface area contributed by atoms with Crippen LogP contribution < -0.4 is 16.1 Å². The van der Waals surface area contributed by atoms with Gasteiger partial charge in [-0.15, -0.1) is 0 Å². The molecule has 1 amide bonds. The average molecular weight is 435 g/mol. The first-order valence-electron chi connectivity index (χ1n) is 10.2. The summed E-state index contributed by atoms with van der Waals surface area (Å²) in [5.41, 5.74) is 4.27. The van der Waals surface area contributed by atoms with Crippen LogP contribution in [-0.2, 0) is 12.8 Å². The quantitative estimate of drug-likeness (QED) is 0.338. The SMILES string of the molecule is CNC(=O)c1ccc(/C=N/Nc2nc(C)nc(CCCc3nc(C)nc(NC)n3)n2)cc1. The van der Waals surface area contributed by atoms with Gasteiger partial charge in [0.15, 0.2) is 0 Å². The largest absolute Gasteiger partial charge is 0.357 e. The maximum absolute atomic E-state index is 11.6. The van der Waals surface area contributed by atoms with Crippen molar-refractivity contribution in [2.24, 2.45) is 5.10 Å². The summed E-state index contributed by atoms with van der Waals surface area (Å²) in [6, 6.07) is 7.09. The lowest BCUT2D eigenvalue weighted by molar-refractivity contribution is 0.0963. The van der Waals surface area contributed by atoms with Crippen molar-refractivity contribution in [3.63, 3.8) is 0 Å². The number of aryl methyl sites for hydroxylation is 4. The van der Waals surface area contributed by atoms with Crippen molar-refractivity contribution in [2.45, 2.75) is 33.1 Å². The van der Waals surface area contributed by atoms with Gasteiger partial charge in [0, 0.05) is 32.5 Å². The van der Waals surface area contributed by atoms with E-state index in [1.54, 1.807) is 32.4 Å². The molecule has 3 rings (SSSR count). The fourth-order valence-electron chi connectivity index (χ4n) is 2.89. The summed E-state index contributed by atoms with van der Waals surface area (Å²) in [7, 11) is 3.38. The van der Waals surface area contributed by atoms with Gasteiger partial charge in [0.1, 0.15) is 23.3 Å². The van der Waals surface area contributed by atoms with E-state index in [0.29, 0.717) is 47.8 Å². The van der Waals surface area contributed by atoms with E-state index < -0.39 is 0 Å². The fourth-order valence-corrected chi connectivity index (χ4v) is 2.89. The number of carbonyl (C=O) groups is 1. The standard InChI is InChI=1S/C21H26N10O/c1-13-25-17(29-20(23-4)27-13)6-5-7-18-26-14(2)28-21(30-18)31-24-12-15-8-10-16(11-9-15)19(32)22-3/h8-12H,5-7H2,1-4H3,(H,22,32)(H,23,25,27,29)(H,26,28,30,31)/b24-12+. The van der Waals surface area contributed by atoms with E-state index in [1.807, 2.05) is 26.0 Å². The van der Waals surface area contributed by atoms with Crippen LogP contribution in [0.25, 0.3) is 0 Å². The first kappa shape index (κ1) is 22.7. The molecule has 2 heterocycles. The van der Waals surface area contributed by atoms with E-state index in [9.17, 15) is 4.79 Å². The summed E-state index contributed by atoms with van der Waals surface area (Å²) >= 11 is 0. The van der Waals surface area contributed by atoms with Gasteiger partial charge in [0.25, 0.3) is 5.91 Å². The molecule has 11 heteroatoms. The van der Waals surface area contributed by atoms with Gasteiger partial charge in [0.2, 0.25) is 11.9 Å². The van der Waals surface area contributed by atoms with Crippen molar-refractivity contribution in [3.05, 3.63) is 58.7 Å². The minimum absolute atomic E-state index is 0.132. The van der Waals surface area contributed by atoms with Crippen molar-refractivity contribution in [3.8, 4) is 0 Å². The molecule has 0 saturated carbocycles. The van der Waals surface area contributed by atoms with Crippen molar-refractivity contribution >= 4 is 24.0 Å². The minimum Gasteiger partial charge on any atom is -0.357 e. The molecule has 0 spiro atoms. The molecule has 0 aliphatic carbocycles. The molecular formula is C21H26N10O. The van der Waals surface area contributed by atoms with Crippen molar-refractivity contribution in [1.82, 2.24) is 35.2 Å². The molecule has 1 aromatic carbocycles. The number of hydrazone groups is 1. The molecule has 0 atom stereocenters. The predicted octanol–water partition coefficient (Wildman–Crippen LogP) is 1.70. The number of hydrogen-bond acceptors (Lipinski definition) is 10. The Kier molecular flexibility index (Phi) is 7.68. The van der Waals surface area contributed by atoms with Gasteiger partial charge in [-0.1, -0.05) is 12.1 Å². The smallest absolute Gasteiger partial charge is 0.251 e. The molecule has 0 unspecified atom stereocenters. The molecule has 11 nitrogen and oxygen atoms in total.